The van der Waals surface area contributed by atoms with E-state index < -0.39 is 10.0 Å². The molecule has 0 saturated carbocycles. The van der Waals surface area contributed by atoms with Crippen LogP contribution in [-0.2, 0) is 16.4 Å². The molecule has 0 atom stereocenters. The lowest BCUT2D eigenvalue weighted by atomic mass is 10.0. The van der Waals surface area contributed by atoms with Gasteiger partial charge in [-0.15, -0.1) is 12.4 Å². The molecule has 1 amide bonds. The molecule has 0 bridgehead atoms. The van der Waals surface area contributed by atoms with E-state index in [0.29, 0.717) is 25.3 Å². The summed E-state index contributed by atoms with van der Waals surface area (Å²) in [6.45, 7) is 7.81. The smallest absolute Gasteiger partial charge is 0.264 e. The highest BCUT2D eigenvalue weighted by molar-refractivity contribution is 7.92. The Hall–Kier alpha value is -3.38. The van der Waals surface area contributed by atoms with Gasteiger partial charge in [-0.05, 0) is 67.8 Å². The van der Waals surface area contributed by atoms with Crippen LogP contribution >= 0.6 is 23.7 Å². The molecule has 43 heavy (non-hydrogen) atoms. The highest BCUT2D eigenvalue weighted by Gasteiger charge is 2.29. The van der Waals surface area contributed by atoms with Crippen molar-refractivity contribution < 1.29 is 17.9 Å². The van der Waals surface area contributed by atoms with Crippen LogP contribution in [0, 0.1) is 0 Å². The Bertz CT molecular complexity index is 1670. The van der Waals surface area contributed by atoms with Gasteiger partial charge in [-0.3, -0.25) is 14.0 Å². The van der Waals surface area contributed by atoms with E-state index in [1.807, 2.05) is 43.3 Å². The molecule has 3 heterocycles. The highest BCUT2D eigenvalue weighted by Crippen LogP contribution is 2.35. The summed E-state index contributed by atoms with van der Waals surface area (Å²) in [7, 11) is -3.71. The minimum atomic E-state index is -3.71. The number of nitrogens with one attached hydrogen (secondary N) is 1. The number of para-hydroxylation sites is 2. The summed E-state index contributed by atoms with van der Waals surface area (Å²) in [5, 5.41) is 4.00. The third-order valence-electron chi connectivity index (χ3n) is 7.80. The maximum absolute atomic E-state index is 13.4. The number of sulfonamides is 1. The number of hydrogen-bond donors (Lipinski definition) is 1. The molecule has 0 radical (unpaired) electrons. The van der Waals surface area contributed by atoms with Gasteiger partial charge >= 0.3 is 0 Å². The minimum absolute atomic E-state index is 0. The zero-order chi connectivity index (χ0) is 29.1. The number of hydrogen-bond acceptors (Lipinski definition) is 8. The van der Waals surface area contributed by atoms with Crippen molar-refractivity contribution in [2.75, 3.05) is 61.6 Å². The number of amides is 1. The van der Waals surface area contributed by atoms with Crippen LogP contribution in [0.25, 0.3) is 10.2 Å². The number of ether oxygens (including phenoxy) is 1. The Morgan fingerprint density at radius 3 is 2.51 bits per heavy atom. The first-order valence-electron chi connectivity index (χ1n) is 14.4. The van der Waals surface area contributed by atoms with E-state index in [9.17, 15) is 13.2 Å². The summed E-state index contributed by atoms with van der Waals surface area (Å²) in [6.07, 6.45) is 1.65. The average Bonchev–Trinajstić information content (AvgIpc) is 3.47. The topological polar surface area (TPSA) is 95.1 Å². The SMILES string of the molecule is CCOc1cccc2sc(N3CCN(CCNC(=O)c4ccc(S(=O)(=O)N5CCCc6ccccc65)cc4)CC3)nc12.Cl. The van der Waals surface area contributed by atoms with E-state index in [1.165, 1.54) is 16.4 Å². The maximum atomic E-state index is 13.4. The molecule has 2 aliphatic heterocycles. The van der Waals surface area contributed by atoms with Crippen molar-refractivity contribution in [3.8, 4) is 5.75 Å². The molecule has 1 aromatic heterocycles. The van der Waals surface area contributed by atoms with Gasteiger partial charge in [0.05, 0.1) is 21.9 Å². The molecule has 0 unspecified atom stereocenters. The van der Waals surface area contributed by atoms with Gasteiger partial charge in [0.25, 0.3) is 15.9 Å². The highest BCUT2D eigenvalue weighted by atomic mass is 35.5. The fourth-order valence-corrected chi connectivity index (χ4v) is 8.14. The molecular weight excluding hydrogens is 606 g/mol. The second-order valence-electron chi connectivity index (χ2n) is 10.5. The molecule has 12 heteroatoms. The van der Waals surface area contributed by atoms with Gasteiger partial charge in [0.15, 0.2) is 5.13 Å². The summed E-state index contributed by atoms with van der Waals surface area (Å²) < 4.78 is 35.1. The van der Waals surface area contributed by atoms with Crippen molar-refractivity contribution >= 4 is 60.7 Å². The Labute approximate surface area is 262 Å². The number of fused-ring (bicyclic) bond motifs is 2. The standard InChI is InChI=1S/C31H35N5O4S2.ClH/c1-2-40-27-10-5-11-28-29(27)33-31(41-28)35-21-19-34(20-22-35)18-16-32-30(37)24-12-14-25(15-13-24)42(38,39)36-17-6-8-23-7-3-4-9-26(23)36;/h3-5,7,9-15H,2,6,8,16-22H2,1H3,(H,32,37);1H. The third-order valence-corrected chi connectivity index (χ3v) is 10.7. The molecule has 6 rings (SSSR count). The number of aromatic nitrogens is 1. The number of piperazine rings is 1. The predicted octanol–water partition coefficient (Wildman–Crippen LogP) is 4.81. The van der Waals surface area contributed by atoms with Crippen LogP contribution in [0.3, 0.4) is 0 Å². The van der Waals surface area contributed by atoms with E-state index in [2.05, 4.69) is 21.2 Å². The number of carbonyl (C=O) groups excluding carboxylic acids is 1. The largest absolute Gasteiger partial charge is 0.492 e. The molecule has 0 aliphatic carbocycles. The lowest BCUT2D eigenvalue weighted by Gasteiger charge is -2.34. The van der Waals surface area contributed by atoms with Gasteiger partial charge in [-0.2, -0.15) is 0 Å². The monoisotopic (exact) mass is 641 g/mol. The first-order valence-corrected chi connectivity index (χ1v) is 16.7. The van der Waals surface area contributed by atoms with Gasteiger partial charge in [-0.1, -0.05) is 35.6 Å². The lowest BCUT2D eigenvalue weighted by Crippen LogP contribution is -2.48. The van der Waals surface area contributed by atoms with E-state index in [1.54, 1.807) is 23.5 Å². The van der Waals surface area contributed by atoms with Crippen molar-refractivity contribution in [1.82, 2.24) is 15.2 Å². The average molecular weight is 642 g/mol. The number of benzene rings is 3. The predicted molar refractivity (Wildman–Crippen MR) is 175 cm³/mol. The van der Waals surface area contributed by atoms with Crippen LogP contribution in [0.4, 0.5) is 10.8 Å². The zero-order valence-corrected chi connectivity index (χ0v) is 26.5. The first-order chi connectivity index (χ1) is 20.4. The lowest BCUT2D eigenvalue weighted by molar-refractivity contribution is 0.0947. The van der Waals surface area contributed by atoms with Gasteiger partial charge < -0.3 is 15.0 Å². The Balaban J connectivity index is 0.00000368. The Morgan fingerprint density at radius 1 is 0.977 bits per heavy atom. The van der Waals surface area contributed by atoms with Crippen molar-refractivity contribution in [2.24, 2.45) is 0 Å². The van der Waals surface area contributed by atoms with Crippen LogP contribution in [-0.4, -0.2) is 76.6 Å². The van der Waals surface area contributed by atoms with E-state index in [-0.39, 0.29) is 23.2 Å². The maximum Gasteiger partial charge on any atom is 0.264 e. The van der Waals surface area contributed by atoms with Gasteiger partial charge in [-0.25, -0.2) is 13.4 Å². The van der Waals surface area contributed by atoms with Gasteiger partial charge in [0.1, 0.15) is 11.3 Å². The van der Waals surface area contributed by atoms with Crippen LogP contribution < -0.4 is 19.3 Å². The first kappa shape index (κ1) is 31.1. The summed E-state index contributed by atoms with van der Waals surface area (Å²) in [5.41, 5.74) is 3.15. The van der Waals surface area contributed by atoms with Crippen LogP contribution in [0.5, 0.6) is 5.75 Å². The summed E-state index contributed by atoms with van der Waals surface area (Å²) in [6, 6.07) is 19.9. The van der Waals surface area contributed by atoms with Crippen LogP contribution in [0.1, 0.15) is 29.3 Å². The van der Waals surface area contributed by atoms with E-state index in [4.69, 9.17) is 9.72 Å². The summed E-state index contributed by atoms with van der Waals surface area (Å²) >= 11 is 1.69. The van der Waals surface area contributed by atoms with Crippen molar-refractivity contribution in [3.63, 3.8) is 0 Å². The van der Waals surface area contributed by atoms with Gasteiger partial charge in [0.2, 0.25) is 0 Å². The Kier molecular flexibility index (Phi) is 9.75. The van der Waals surface area contributed by atoms with Crippen LogP contribution in [0.2, 0.25) is 0 Å². The second-order valence-corrected chi connectivity index (χ2v) is 13.3. The number of nitrogens with zero attached hydrogens (tertiary/aromatic N) is 4. The molecule has 3 aromatic carbocycles. The molecule has 1 fully saturated rings. The number of thiazole rings is 1. The van der Waals surface area contributed by atoms with Crippen molar-refractivity contribution in [2.45, 2.75) is 24.7 Å². The van der Waals surface area contributed by atoms with E-state index >= 15 is 0 Å². The fraction of sp³-hybridized carbons (Fsp3) is 0.355. The van der Waals surface area contributed by atoms with Gasteiger partial charge in [0, 0.05) is 51.4 Å². The van der Waals surface area contributed by atoms with Crippen LogP contribution in [0.15, 0.2) is 71.6 Å². The molecule has 1 saturated heterocycles. The minimum Gasteiger partial charge on any atom is -0.492 e. The molecule has 228 valence electrons. The Morgan fingerprint density at radius 2 is 1.74 bits per heavy atom. The molecule has 9 nitrogen and oxygen atoms in total. The number of halogens is 1. The van der Waals surface area contributed by atoms with Crippen molar-refractivity contribution in [1.29, 1.82) is 0 Å². The van der Waals surface area contributed by atoms with E-state index in [0.717, 1.165) is 77.9 Å². The second kappa shape index (κ2) is 13.5. The number of carbonyl (C=O) groups is 1. The number of anilines is 2. The molecule has 4 aromatic rings. The number of aryl methyl sites for hydroxylation is 1. The summed E-state index contributed by atoms with van der Waals surface area (Å²) in [5.74, 6) is 0.622. The fourth-order valence-electron chi connectivity index (χ4n) is 5.57. The third kappa shape index (κ3) is 6.59. The number of rotatable bonds is 9. The normalized spacial score (nSPS) is 15.6. The molecule has 1 N–H and O–H groups in total. The van der Waals surface area contributed by atoms with Crippen molar-refractivity contribution in [3.05, 3.63) is 77.9 Å². The zero-order valence-electron chi connectivity index (χ0n) is 24.1. The summed E-state index contributed by atoms with van der Waals surface area (Å²) in [4.78, 5) is 22.5. The molecule has 0 spiro atoms. The quantitative estimate of drug-likeness (QED) is 0.280. The molecular formula is C31H36ClN5O4S2. The molecule has 2 aliphatic rings.